The Bertz CT molecular complexity index is 1250. The predicted octanol–water partition coefficient (Wildman–Crippen LogP) is 3.67. The lowest BCUT2D eigenvalue weighted by Gasteiger charge is -2.09. The van der Waals surface area contributed by atoms with Gasteiger partial charge >= 0.3 is 5.97 Å². The highest BCUT2D eigenvalue weighted by atomic mass is 79.9. The van der Waals surface area contributed by atoms with Crippen LogP contribution in [-0.4, -0.2) is 20.3 Å². The maximum atomic E-state index is 12.6. The van der Waals surface area contributed by atoms with Crippen molar-refractivity contribution in [2.75, 3.05) is 0 Å². The number of hydrogen-bond donors (Lipinski definition) is 0. The van der Waals surface area contributed by atoms with Gasteiger partial charge in [0, 0.05) is 27.8 Å². The van der Waals surface area contributed by atoms with Gasteiger partial charge in [-0.25, -0.2) is 9.78 Å². The van der Waals surface area contributed by atoms with Crippen LogP contribution >= 0.6 is 15.9 Å². The Kier molecular flexibility index (Phi) is 4.45. The van der Waals surface area contributed by atoms with E-state index < -0.39 is 5.97 Å². The van der Waals surface area contributed by atoms with Crippen molar-refractivity contribution in [3.63, 3.8) is 0 Å². The summed E-state index contributed by atoms with van der Waals surface area (Å²) < 4.78 is 7.62. The molecule has 0 aliphatic rings. The minimum absolute atomic E-state index is 0.0870. The first-order valence-electron chi connectivity index (χ1n) is 8.22. The van der Waals surface area contributed by atoms with E-state index in [4.69, 9.17) is 4.74 Å². The normalized spacial score (nSPS) is 11.0. The van der Waals surface area contributed by atoms with Crippen LogP contribution in [-0.2, 0) is 11.3 Å². The van der Waals surface area contributed by atoms with E-state index in [1.165, 1.54) is 10.5 Å². The van der Waals surface area contributed by atoms with E-state index in [0.717, 1.165) is 21.1 Å². The van der Waals surface area contributed by atoms with Crippen LogP contribution in [0.25, 0.3) is 16.6 Å². The van der Waals surface area contributed by atoms with Gasteiger partial charge in [-0.05, 0) is 47.1 Å². The van der Waals surface area contributed by atoms with Gasteiger partial charge in [0.25, 0.3) is 5.56 Å². The zero-order chi connectivity index (χ0) is 19.0. The Balaban J connectivity index is 1.63. The standard InChI is InChI=1S/C20H14BrN3O3/c1-12-8-16(15-4-2-3-5-17(15)22-12)20(26)27-11-14-9-19(25)24-10-13(21)6-7-18(24)23-14/h2-10H,11H2,1H3. The van der Waals surface area contributed by atoms with Crippen molar-refractivity contribution < 1.29 is 9.53 Å². The van der Waals surface area contributed by atoms with Gasteiger partial charge in [-0.2, -0.15) is 0 Å². The molecule has 7 heteroatoms. The van der Waals surface area contributed by atoms with Crippen LogP contribution in [0.2, 0.25) is 0 Å². The number of carbonyl (C=O) groups is 1. The zero-order valence-corrected chi connectivity index (χ0v) is 15.9. The molecule has 0 N–H and O–H groups in total. The lowest BCUT2D eigenvalue weighted by molar-refractivity contribution is 0.0470. The molecule has 4 aromatic rings. The maximum absolute atomic E-state index is 12.6. The molecule has 134 valence electrons. The molecule has 3 aromatic heterocycles. The molecule has 0 spiro atoms. The summed E-state index contributed by atoms with van der Waals surface area (Å²) in [7, 11) is 0. The highest BCUT2D eigenvalue weighted by Crippen LogP contribution is 2.19. The predicted molar refractivity (Wildman–Crippen MR) is 105 cm³/mol. The number of esters is 1. The van der Waals surface area contributed by atoms with Crippen LogP contribution in [0.4, 0.5) is 0 Å². The van der Waals surface area contributed by atoms with Crippen LogP contribution in [0.3, 0.4) is 0 Å². The molecule has 4 rings (SSSR count). The summed E-state index contributed by atoms with van der Waals surface area (Å²) in [6.07, 6.45) is 1.65. The Morgan fingerprint density at radius 3 is 2.81 bits per heavy atom. The second-order valence-corrected chi connectivity index (χ2v) is 6.98. The van der Waals surface area contributed by atoms with Crippen molar-refractivity contribution in [1.82, 2.24) is 14.4 Å². The molecule has 0 aliphatic carbocycles. The van der Waals surface area contributed by atoms with Crippen LogP contribution in [0.15, 0.2) is 64.0 Å². The molecule has 3 heterocycles. The summed E-state index contributed by atoms with van der Waals surface area (Å²) in [6, 6.07) is 14.0. The van der Waals surface area contributed by atoms with Crippen molar-refractivity contribution >= 4 is 38.4 Å². The first kappa shape index (κ1) is 17.4. The Labute approximate surface area is 162 Å². The third kappa shape index (κ3) is 3.46. The van der Waals surface area contributed by atoms with E-state index in [1.54, 1.807) is 24.4 Å². The molecule has 0 aliphatic heterocycles. The smallest absolute Gasteiger partial charge is 0.339 e. The Hall–Kier alpha value is -3.06. The molecule has 0 atom stereocenters. The summed E-state index contributed by atoms with van der Waals surface area (Å²) in [6.45, 7) is 1.74. The lowest BCUT2D eigenvalue weighted by Crippen LogP contribution is -2.16. The van der Waals surface area contributed by atoms with Gasteiger partial charge in [-0.15, -0.1) is 0 Å². The van der Waals surface area contributed by atoms with E-state index in [2.05, 4.69) is 25.9 Å². The minimum atomic E-state index is -0.477. The number of nitrogens with zero attached hydrogens (tertiary/aromatic N) is 3. The van der Waals surface area contributed by atoms with Gasteiger partial charge in [-0.1, -0.05) is 18.2 Å². The largest absolute Gasteiger partial charge is 0.456 e. The monoisotopic (exact) mass is 423 g/mol. The number of carbonyl (C=O) groups excluding carboxylic acids is 1. The maximum Gasteiger partial charge on any atom is 0.339 e. The number of rotatable bonds is 3. The van der Waals surface area contributed by atoms with Crippen LogP contribution in [0.5, 0.6) is 0 Å². The molecule has 0 radical (unpaired) electrons. The summed E-state index contributed by atoms with van der Waals surface area (Å²) in [5.41, 5.74) is 2.55. The van der Waals surface area contributed by atoms with Crippen LogP contribution < -0.4 is 5.56 Å². The number of fused-ring (bicyclic) bond motifs is 2. The SMILES string of the molecule is Cc1cc(C(=O)OCc2cc(=O)n3cc(Br)ccc3n2)c2ccccc2n1. The van der Waals surface area contributed by atoms with Crippen LogP contribution in [0.1, 0.15) is 21.7 Å². The fraction of sp³-hybridized carbons (Fsp3) is 0.100. The second-order valence-electron chi connectivity index (χ2n) is 6.07. The number of ether oxygens (including phenoxy) is 1. The van der Waals surface area contributed by atoms with Crippen molar-refractivity contribution in [2.45, 2.75) is 13.5 Å². The van der Waals surface area contributed by atoms with Crippen molar-refractivity contribution in [1.29, 1.82) is 0 Å². The Morgan fingerprint density at radius 2 is 1.96 bits per heavy atom. The number of para-hydroxylation sites is 1. The summed E-state index contributed by atoms with van der Waals surface area (Å²) in [5.74, 6) is -0.477. The van der Waals surface area contributed by atoms with E-state index in [9.17, 15) is 9.59 Å². The van der Waals surface area contributed by atoms with Crippen molar-refractivity contribution in [3.8, 4) is 0 Å². The zero-order valence-electron chi connectivity index (χ0n) is 14.3. The van der Waals surface area contributed by atoms with E-state index in [0.29, 0.717) is 16.9 Å². The molecule has 0 saturated carbocycles. The van der Waals surface area contributed by atoms with Gasteiger partial charge < -0.3 is 4.74 Å². The Morgan fingerprint density at radius 1 is 1.15 bits per heavy atom. The number of pyridine rings is 2. The summed E-state index contributed by atoms with van der Waals surface area (Å²) in [4.78, 5) is 33.6. The lowest BCUT2D eigenvalue weighted by atomic mass is 10.1. The first-order chi connectivity index (χ1) is 13.0. The first-order valence-corrected chi connectivity index (χ1v) is 9.02. The quantitative estimate of drug-likeness (QED) is 0.470. The molecule has 0 bridgehead atoms. The molecule has 0 amide bonds. The van der Waals surface area contributed by atoms with E-state index in [1.807, 2.05) is 31.2 Å². The third-order valence-corrected chi connectivity index (χ3v) is 4.56. The number of aromatic nitrogens is 3. The van der Waals surface area contributed by atoms with Crippen molar-refractivity contribution in [2.24, 2.45) is 0 Å². The summed E-state index contributed by atoms with van der Waals surface area (Å²) >= 11 is 3.32. The molecule has 0 unspecified atom stereocenters. The van der Waals surface area contributed by atoms with Gasteiger partial charge in [-0.3, -0.25) is 14.2 Å². The van der Waals surface area contributed by atoms with E-state index >= 15 is 0 Å². The topological polar surface area (TPSA) is 73.6 Å². The number of aryl methyl sites for hydroxylation is 1. The second kappa shape index (κ2) is 6.92. The van der Waals surface area contributed by atoms with Gasteiger partial charge in [0.15, 0.2) is 0 Å². The van der Waals surface area contributed by atoms with Crippen molar-refractivity contribution in [3.05, 3.63) is 86.5 Å². The number of halogens is 1. The number of hydrogen-bond acceptors (Lipinski definition) is 5. The molecular weight excluding hydrogens is 410 g/mol. The summed E-state index contributed by atoms with van der Waals surface area (Å²) in [5, 5.41) is 0.726. The molecule has 1 aromatic carbocycles. The van der Waals surface area contributed by atoms with E-state index in [-0.39, 0.29) is 12.2 Å². The van der Waals surface area contributed by atoms with Gasteiger partial charge in [0.2, 0.25) is 0 Å². The molecule has 27 heavy (non-hydrogen) atoms. The highest BCUT2D eigenvalue weighted by molar-refractivity contribution is 9.10. The minimum Gasteiger partial charge on any atom is -0.456 e. The fourth-order valence-electron chi connectivity index (χ4n) is 2.89. The average Bonchev–Trinajstić information content (AvgIpc) is 2.66. The molecular formula is C20H14BrN3O3. The van der Waals surface area contributed by atoms with Gasteiger partial charge in [0.05, 0.1) is 16.8 Å². The third-order valence-electron chi connectivity index (χ3n) is 4.09. The highest BCUT2D eigenvalue weighted by Gasteiger charge is 2.14. The number of benzene rings is 1. The molecule has 0 fully saturated rings. The average molecular weight is 424 g/mol. The molecule has 0 saturated heterocycles. The van der Waals surface area contributed by atoms with Crippen LogP contribution in [0, 0.1) is 6.92 Å². The van der Waals surface area contributed by atoms with Gasteiger partial charge in [0.1, 0.15) is 12.3 Å². The fourth-order valence-corrected chi connectivity index (χ4v) is 3.23. The molecule has 6 nitrogen and oxygen atoms in total.